The molecule has 1 amide bonds. The predicted molar refractivity (Wildman–Crippen MR) is 73.6 cm³/mol. The second-order valence-corrected chi connectivity index (χ2v) is 5.15. The first-order valence-corrected chi connectivity index (χ1v) is 6.52. The summed E-state index contributed by atoms with van der Waals surface area (Å²) in [4.78, 5) is 16.3. The summed E-state index contributed by atoms with van der Waals surface area (Å²) in [5.74, 6) is -0.722. The molecule has 0 radical (unpaired) electrons. The quantitative estimate of drug-likeness (QED) is 0.783. The molecule has 104 valence electrons. The number of aryl methyl sites for hydroxylation is 1. The van der Waals surface area contributed by atoms with E-state index < -0.39 is 5.82 Å². The fourth-order valence-corrected chi connectivity index (χ4v) is 2.37. The van der Waals surface area contributed by atoms with Crippen molar-refractivity contribution >= 4 is 11.6 Å². The summed E-state index contributed by atoms with van der Waals surface area (Å²) >= 11 is 0. The van der Waals surface area contributed by atoms with E-state index >= 15 is 0 Å². The van der Waals surface area contributed by atoms with Crippen LogP contribution in [0.5, 0.6) is 0 Å². The number of amides is 1. The summed E-state index contributed by atoms with van der Waals surface area (Å²) in [6, 6.07) is 2.97. The van der Waals surface area contributed by atoms with Crippen LogP contribution in [0.25, 0.3) is 0 Å². The van der Waals surface area contributed by atoms with Crippen LogP contribution in [0.3, 0.4) is 0 Å². The molecule has 1 aromatic carbocycles. The van der Waals surface area contributed by atoms with Crippen LogP contribution in [0.15, 0.2) is 12.1 Å². The molecule has 0 spiro atoms. The predicted octanol–water partition coefficient (Wildman–Crippen LogP) is 1.49. The maximum atomic E-state index is 14.1. The van der Waals surface area contributed by atoms with Crippen LogP contribution < -0.4 is 5.73 Å². The lowest BCUT2D eigenvalue weighted by atomic mass is 10.1. The number of benzene rings is 1. The van der Waals surface area contributed by atoms with E-state index in [1.165, 1.54) is 6.07 Å². The minimum Gasteiger partial charge on any atom is -0.399 e. The monoisotopic (exact) mass is 265 g/mol. The van der Waals surface area contributed by atoms with Gasteiger partial charge >= 0.3 is 0 Å². The van der Waals surface area contributed by atoms with Gasteiger partial charge in [0, 0.05) is 25.3 Å². The van der Waals surface area contributed by atoms with E-state index in [2.05, 4.69) is 4.90 Å². The molecule has 0 aromatic heterocycles. The van der Waals surface area contributed by atoms with Gasteiger partial charge in [-0.05, 0) is 44.6 Å². The number of nitrogen functional groups attached to an aromatic ring is 1. The molecule has 1 aromatic rings. The van der Waals surface area contributed by atoms with Crippen molar-refractivity contribution in [3.05, 3.63) is 29.1 Å². The Labute approximate surface area is 113 Å². The van der Waals surface area contributed by atoms with Crippen molar-refractivity contribution in [1.29, 1.82) is 0 Å². The normalized spacial score (nSPS) is 17.3. The van der Waals surface area contributed by atoms with Gasteiger partial charge in [0.25, 0.3) is 5.91 Å². The van der Waals surface area contributed by atoms with Gasteiger partial charge in [-0.1, -0.05) is 0 Å². The lowest BCUT2D eigenvalue weighted by Crippen LogP contribution is -2.35. The highest BCUT2D eigenvalue weighted by Gasteiger charge is 2.22. The van der Waals surface area contributed by atoms with Crippen LogP contribution >= 0.6 is 0 Å². The summed E-state index contributed by atoms with van der Waals surface area (Å²) < 4.78 is 14.1. The van der Waals surface area contributed by atoms with Gasteiger partial charge in [0.15, 0.2) is 0 Å². The van der Waals surface area contributed by atoms with E-state index in [1.807, 2.05) is 7.05 Å². The molecule has 2 rings (SSSR count). The summed E-state index contributed by atoms with van der Waals surface area (Å²) in [5.41, 5.74) is 6.63. The Bertz CT molecular complexity index is 490. The maximum Gasteiger partial charge on any atom is 0.256 e. The fraction of sp³-hybridized carbons (Fsp3) is 0.500. The molecule has 2 N–H and O–H groups in total. The van der Waals surface area contributed by atoms with Gasteiger partial charge in [0.1, 0.15) is 5.82 Å². The van der Waals surface area contributed by atoms with Crippen molar-refractivity contribution in [3.63, 3.8) is 0 Å². The third kappa shape index (κ3) is 3.04. The lowest BCUT2D eigenvalue weighted by Gasteiger charge is -2.21. The first-order valence-electron chi connectivity index (χ1n) is 6.52. The first kappa shape index (κ1) is 13.8. The summed E-state index contributed by atoms with van der Waals surface area (Å²) in [6.07, 6.45) is 0.908. The Kier molecular flexibility index (Phi) is 4.04. The Morgan fingerprint density at radius 2 is 2.00 bits per heavy atom. The van der Waals surface area contributed by atoms with E-state index in [4.69, 9.17) is 5.73 Å². The average Bonchev–Trinajstić information content (AvgIpc) is 2.58. The minimum atomic E-state index is -0.461. The van der Waals surface area contributed by atoms with Crippen molar-refractivity contribution in [1.82, 2.24) is 9.80 Å². The zero-order chi connectivity index (χ0) is 14.0. The molecule has 19 heavy (non-hydrogen) atoms. The van der Waals surface area contributed by atoms with Gasteiger partial charge in [-0.25, -0.2) is 4.39 Å². The zero-order valence-corrected chi connectivity index (χ0v) is 11.4. The smallest absolute Gasteiger partial charge is 0.256 e. The van der Waals surface area contributed by atoms with Crippen molar-refractivity contribution in [2.24, 2.45) is 0 Å². The number of carbonyl (C=O) groups excluding carboxylic acids is 1. The molecule has 0 saturated carbocycles. The fourth-order valence-electron chi connectivity index (χ4n) is 2.37. The number of nitrogens with two attached hydrogens (primary N) is 1. The van der Waals surface area contributed by atoms with Crippen molar-refractivity contribution in [3.8, 4) is 0 Å². The van der Waals surface area contributed by atoms with Crippen molar-refractivity contribution in [2.75, 3.05) is 39.0 Å². The van der Waals surface area contributed by atoms with E-state index in [-0.39, 0.29) is 11.5 Å². The van der Waals surface area contributed by atoms with Crippen LogP contribution in [0.4, 0.5) is 10.1 Å². The van der Waals surface area contributed by atoms with Gasteiger partial charge in [-0.15, -0.1) is 0 Å². The number of halogens is 1. The Balaban J connectivity index is 2.24. The number of rotatable bonds is 1. The van der Waals surface area contributed by atoms with E-state index in [1.54, 1.807) is 17.9 Å². The van der Waals surface area contributed by atoms with Gasteiger partial charge < -0.3 is 15.5 Å². The average molecular weight is 265 g/mol. The SMILES string of the molecule is Cc1cc(N)cc(C(=O)N2CCCN(C)CC2)c1F. The number of hydrogen-bond donors (Lipinski definition) is 1. The Morgan fingerprint density at radius 3 is 2.74 bits per heavy atom. The van der Waals surface area contributed by atoms with Gasteiger partial charge in [-0.2, -0.15) is 0 Å². The topological polar surface area (TPSA) is 49.6 Å². The molecule has 0 bridgehead atoms. The second kappa shape index (κ2) is 5.57. The molecule has 1 saturated heterocycles. The molecule has 0 atom stereocenters. The lowest BCUT2D eigenvalue weighted by molar-refractivity contribution is 0.0758. The molecule has 1 fully saturated rings. The molecule has 1 heterocycles. The maximum absolute atomic E-state index is 14.1. The highest BCUT2D eigenvalue weighted by Crippen LogP contribution is 2.19. The Morgan fingerprint density at radius 1 is 1.26 bits per heavy atom. The van der Waals surface area contributed by atoms with Crippen molar-refractivity contribution < 1.29 is 9.18 Å². The number of carbonyl (C=O) groups is 1. The van der Waals surface area contributed by atoms with Gasteiger partial charge in [-0.3, -0.25) is 4.79 Å². The molecule has 4 nitrogen and oxygen atoms in total. The number of anilines is 1. The van der Waals surface area contributed by atoms with E-state index in [9.17, 15) is 9.18 Å². The van der Waals surface area contributed by atoms with Crippen LogP contribution in [0.2, 0.25) is 0 Å². The summed E-state index contributed by atoms with van der Waals surface area (Å²) in [5, 5.41) is 0. The third-order valence-corrected chi connectivity index (χ3v) is 3.51. The molecule has 0 unspecified atom stereocenters. The second-order valence-electron chi connectivity index (χ2n) is 5.15. The zero-order valence-electron chi connectivity index (χ0n) is 11.4. The van der Waals surface area contributed by atoms with Crippen LogP contribution in [0, 0.1) is 12.7 Å². The van der Waals surface area contributed by atoms with Crippen LogP contribution in [-0.4, -0.2) is 48.9 Å². The Hall–Kier alpha value is -1.62. The molecule has 1 aliphatic heterocycles. The van der Waals surface area contributed by atoms with E-state index in [0.29, 0.717) is 24.3 Å². The number of hydrogen-bond acceptors (Lipinski definition) is 3. The van der Waals surface area contributed by atoms with Crippen molar-refractivity contribution in [2.45, 2.75) is 13.3 Å². The first-order chi connectivity index (χ1) is 8.99. The van der Waals surface area contributed by atoms with Gasteiger partial charge in [0.2, 0.25) is 0 Å². The van der Waals surface area contributed by atoms with Gasteiger partial charge in [0.05, 0.1) is 5.56 Å². The summed E-state index contributed by atoms with van der Waals surface area (Å²) in [7, 11) is 2.03. The largest absolute Gasteiger partial charge is 0.399 e. The van der Waals surface area contributed by atoms with Crippen LogP contribution in [0.1, 0.15) is 22.3 Å². The number of likely N-dealkylation sites (N-methyl/N-ethyl adjacent to an activating group) is 1. The molecule has 0 aliphatic carbocycles. The highest BCUT2D eigenvalue weighted by molar-refractivity contribution is 5.95. The molecule has 5 heteroatoms. The number of nitrogens with zero attached hydrogens (tertiary/aromatic N) is 2. The molecular formula is C14H20FN3O. The highest BCUT2D eigenvalue weighted by atomic mass is 19.1. The van der Waals surface area contributed by atoms with Crippen LogP contribution in [-0.2, 0) is 0 Å². The summed E-state index contributed by atoms with van der Waals surface area (Å²) in [6.45, 7) is 4.69. The third-order valence-electron chi connectivity index (χ3n) is 3.51. The molecule has 1 aliphatic rings. The minimum absolute atomic E-state index is 0.0852. The molecular weight excluding hydrogens is 245 g/mol. The van der Waals surface area contributed by atoms with E-state index in [0.717, 1.165) is 19.5 Å². The standard InChI is InChI=1S/C14H20FN3O/c1-10-8-11(16)9-12(13(10)15)14(19)18-5-3-4-17(2)6-7-18/h8-9H,3-7,16H2,1-2H3.